The number of rotatable bonds is 7. The molecule has 0 saturated carbocycles. The van der Waals surface area contributed by atoms with E-state index in [9.17, 15) is 0 Å². The predicted octanol–water partition coefficient (Wildman–Crippen LogP) is 5.50. The van der Waals surface area contributed by atoms with Crippen molar-refractivity contribution in [2.24, 2.45) is 5.73 Å². The molecule has 0 aliphatic heterocycles. The molecule has 0 bridgehead atoms. The number of H-pyrrole nitrogens is 1. The third-order valence-corrected chi connectivity index (χ3v) is 5.08. The topological polar surface area (TPSA) is 66.7 Å². The molecule has 0 saturated heterocycles. The number of nitrogens with one attached hydrogen (secondary N) is 2. The number of pyridine rings is 1. The van der Waals surface area contributed by atoms with E-state index in [-0.39, 0.29) is 6.04 Å². The summed E-state index contributed by atoms with van der Waals surface area (Å²) in [4.78, 5) is 7.66. The largest absolute Gasteiger partial charge is 0.361 e. The highest BCUT2D eigenvalue weighted by molar-refractivity contribution is 5.83. The van der Waals surface area contributed by atoms with Crippen molar-refractivity contribution in [3.8, 4) is 0 Å². The number of nitrogens with zero attached hydrogens (tertiary/aromatic N) is 1. The van der Waals surface area contributed by atoms with Crippen LogP contribution in [-0.2, 0) is 12.8 Å². The van der Waals surface area contributed by atoms with E-state index in [4.69, 9.17) is 5.73 Å². The fraction of sp³-hybridized carbons (Fsp3) is 0.208. The van der Waals surface area contributed by atoms with E-state index in [0.29, 0.717) is 0 Å². The summed E-state index contributed by atoms with van der Waals surface area (Å²) in [6, 6.07) is 21.0. The molecule has 0 aliphatic rings. The molecular formula is C24H26N4. The average molecular weight is 370 g/mol. The Morgan fingerprint density at radius 1 is 1.00 bits per heavy atom. The molecule has 2 aromatic heterocycles. The van der Waals surface area contributed by atoms with Gasteiger partial charge in [-0.2, -0.15) is 0 Å². The Balaban J connectivity index is 1.34. The normalized spacial score (nSPS) is 12.2. The van der Waals surface area contributed by atoms with Crippen LogP contribution in [0.5, 0.6) is 0 Å². The van der Waals surface area contributed by atoms with E-state index >= 15 is 0 Å². The Labute approximate surface area is 165 Å². The van der Waals surface area contributed by atoms with Crippen LogP contribution < -0.4 is 11.1 Å². The van der Waals surface area contributed by atoms with Gasteiger partial charge in [0.2, 0.25) is 0 Å². The minimum absolute atomic E-state index is 0.0683. The third kappa shape index (κ3) is 4.24. The molecule has 4 aromatic rings. The first kappa shape index (κ1) is 18.3. The number of benzene rings is 2. The summed E-state index contributed by atoms with van der Waals surface area (Å²) in [6.07, 6.45) is 7.23. The zero-order valence-corrected chi connectivity index (χ0v) is 16.2. The zero-order chi connectivity index (χ0) is 19.3. The number of hydrogen-bond acceptors (Lipinski definition) is 3. The Kier molecular flexibility index (Phi) is 5.40. The molecule has 0 amide bonds. The van der Waals surface area contributed by atoms with Gasteiger partial charge < -0.3 is 16.0 Å². The predicted molar refractivity (Wildman–Crippen MR) is 117 cm³/mol. The van der Waals surface area contributed by atoms with Crippen molar-refractivity contribution >= 4 is 22.3 Å². The monoisotopic (exact) mass is 370 g/mol. The van der Waals surface area contributed by atoms with Crippen molar-refractivity contribution in [2.45, 2.75) is 32.2 Å². The van der Waals surface area contributed by atoms with Crippen molar-refractivity contribution in [2.75, 3.05) is 5.32 Å². The number of aromatic nitrogens is 2. The lowest BCUT2D eigenvalue weighted by Gasteiger charge is -2.10. The van der Waals surface area contributed by atoms with Gasteiger partial charge in [-0.3, -0.25) is 4.98 Å². The first-order valence-corrected chi connectivity index (χ1v) is 9.81. The second kappa shape index (κ2) is 8.28. The minimum Gasteiger partial charge on any atom is -0.361 e. The summed E-state index contributed by atoms with van der Waals surface area (Å²) >= 11 is 0. The molecule has 4 N–H and O–H groups in total. The standard InChI is InChI=1S/C24H26N4/c1-17(25)24-15-21(13-14-26-24)28-20-11-9-18(10-12-20)5-4-6-19-16-27-23-8-3-2-7-22(19)23/h2-3,7-17,27H,4-6,25H2,1H3,(H,26,28). The lowest BCUT2D eigenvalue weighted by Crippen LogP contribution is -2.07. The fourth-order valence-corrected chi connectivity index (χ4v) is 3.52. The summed E-state index contributed by atoms with van der Waals surface area (Å²) in [5.41, 5.74) is 12.9. The van der Waals surface area contributed by atoms with Gasteiger partial charge in [-0.15, -0.1) is 0 Å². The van der Waals surface area contributed by atoms with E-state index in [1.807, 2.05) is 19.1 Å². The molecule has 0 radical (unpaired) electrons. The van der Waals surface area contributed by atoms with Crippen LogP contribution in [0.4, 0.5) is 11.4 Å². The molecule has 4 nitrogen and oxygen atoms in total. The number of nitrogens with two attached hydrogens (primary N) is 1. The van der Waals surface area contributed by atoms with E-state index in [2.05, 4.69) is 70.0 Å². The van der Waals surface area contributed by atoms with Gasteiger partial charge in [-0.25, -0.2) is 0 Å². The molecule has 1 atom stereocenters. The molecule has 4 heteroatoms. The van der Waals surface area contributed by atoms with Crippen molar-refractivity contribution in [3.63, 3.8) is 0 Å². The van der Waals surface area contributed by atoms with Gasteiger partial charge in [-0.05, 0) is 67.6 Å². The van der Waals surface area contributed by atoms with Gasteiger partial charge in [0, 0.05) is 40.7 Å². The van der Waals surface area contributed by atoms with Crippen LogP contribution in [0.3, 0.4) is 0 Å². The molecule has 0 fully saturated rings. The molecular weight excluding hydrogens is 344 g/mol. The third-order valence-electron chi connectivity index (χ3n) is 5.08. The quantitative estimate of drug-likeness (QED) is 0.402. The SMILES string of the molecule is CC(N)c1cc(Nc2ccc(CCCc3c[nH]c4ccccc34)cc2)ccn1. The maximum absolute atomic E-state index is 5.92. The van der Waals surface area contributed by atoms with Crippen LogP contribution in [0.1, 0.15) is 36.2 Å². The van der Waals surface area contributed by atoms with Gasteiger partial charge in [0.25, 0.3) is 0 Å². The molecule has 2 aromatic carbocycles. The van der Waals surface area contributed by atoms with Crippen molar-refractivity contribution in [1.82, 2.24) is 9.97 Å². The highest BCUT2D eigenvalue weighted by Gasteiger charge is 2.04. The number of aromatic amines is 1. The summed E-state index contributed by atoms with van der Waals surface area (Å²) < 4.78 is 0. The molecule has 1 unspecified atom stereocenters. The van der Waals surface area contributed by atoms with Crippen LogP contribution in [0.2, 0.25) is 0 Å². The first-order chi connectivity index (χ1) is 13.7. The van der Waals surface area contributed by atoms with Gasteiger partial charge >= 0.3 is 0 Å². The minimum atomic E-state index is -0.0683. The van der Waals surface area contributed by atoms with Crippen LogP contribution in [0, 0.1) is 0 Å². The maximum Gasteiger partial charge on any atom is 0.0588 e. The summed E-state index contributed by atoms with van der Waals surface area (Å²) in [5.74, 6) is 0. The Morgan fingerprint density at radius 3 is 2.64 bits per heavy atom. The highest BCUT2D eigenvalue weighted by atomic mass is 14.9. The summed E-state index contributed by atoms with van der Waals surface area (Å²) in [5, 5.41) is 4.76. The maximum atomic E-state index is 5.92. The van der Waals surface area contributed by atoms with Crippen LogP contribution in [0.15, 0.2) is 73.1 Å². The van der Waals surface area contributed by atoms with Gasteiger partial charge in [0.1, 0.15) is 0 Å². The van der Waals surface area contributed by atoms with Gasteiger partial charge in [-0.1, -0.05) is 30.3 Å². The Morgan fingerprint density at radius 2 is 1.82 bits per heavy atom. The molecule has 4 rings (SSSR count). The highest BCUT2D eigenvalue weighted by Crippen LogP contribution is 2.22. The van der Waals surface area contributed by atoms with Crippen LogP contribution in [0.25, 0.3) is 10.9 Å². The molecule has 28 heavy (non-hydrogen) atoms. The molecule has 0 aliphatic carbocycles. The number of aryl methyl sites for hydroxylation is 2. The Hall–Kier alpha value is -3.11. The lowest BCUT2D eigenvalue weighted by atomic mass is 10.0. The number of para-hydroxylation sites is 1. The molecule has 2 heterocycles. The molecule has 0 spiro atoms. The molecule has 142 valence electrons. The van der Waals surface area contributed by atoms with E-state index in [0.717, 1.165) is 36.3 Å². The lowest BCUT2D eigenvalue weighted by molar-refractivity contribution is 0.782. The second-order valence-corrected chi connectivity index (χ2v) is 7.29. The van der Waals surface area contributed by atoms with Crippen molar-refractivity contribution in [3.05, 3.63) is 89.9 Å². The van der Waals surface area contributed by atoms with Crippen LogP contribution >= 0.6 is 0 Å². The van der Waals surface area contributed by atoms with E-state index in [1.165, 1.54) is 22.0 Å². The van der Waals surface area contributed by atoms with E-state index < -0.39 is 0 Å². The first-order valence-electron chi connectivity index (χ1n) is 9.81. The van der Waals surface area contributed by atoms with Crippen molar-refractivity contribution in [1.29, 1.82) is 0 Å². The summed E-state index contributed by atoms with van der Waals surface area (Å²) in [7, 11) is 0. The number of fused-ring (bicyclic) bond motifs is 1. The second-order valence-electron chi connectivity index (χ2n) is 7.29. The van der Waals surface area contributed by atoms with Gasteiger partial charge in [0.05, 0.1) is 5.69 Å². The van der Waals surface area contributed by atoms with Gasteiger partial charge in [0.15, 0.2) is 0 Å². The van der Waals surface area contributed by atoms with Crippen molar-refractivity contribution < 1.29 is 0 Å². The smallest absolute Gasteiger partial charge is 0.0588 e. The zero-order valence-electron chi connectivity index (χ0n) is 16.2. The number of hydrogen-bond donors (Lipinski definition) is 3. The van der Waals surface area contributed by atoms with Crippen LogP contribution in [-0.4, -0.2) is 9.97 Å². The van der Waals surface area contributed by atoms with E-state index in [1.54, 1.807) is 6.20 Å². The summed E-state index contributed by atoms with van der Waals surface area (Å²) in [6.45, 7) is 1.94. The Bertz CT molecular complexity index is 1050. The fourth-order valence-electron chi connectivity index (χ4n) is 3.52. The average Bonchev–Trinajstić information content (AvgIpc) is 3.13. The number of anilines is 2.